The van der Waals surface area contributed by atoms with Gasteiger partial charge in [-0.3, -0.25) is 0 Å². The van der Waals surface area contributed by atoms with E-state index in [1.807, 2.05) is 0 Å². The molecule has 0 rings (SSSR count). The normalized spacial score (nSPS) is 11.1. The summed E-state index contributed by atoms with van der Waals surface area (Å²) in [5.74, 6) is 0. The van der Waals surface area contributed by atoms with Crippen LogP contribution >= 0.6 is 27.2 Å². The Morgan fingerprint density at radius 3 is 2.14 bits per heavy atom. The summed E-state index contributed by atoms with van der Waals surface area (Å²) < 4.78 is -2.01. The Hall–Kier alpha value is 0.970. The molecule has 0 saturated heterocycles. The molecule has 0 saturated carbocycles. The summed E-state index contributed by atoms with van der Waals surface area (Å²) >= 11 is 15.6. The topological polar surface area (TPSA) is 0 Å². The third-order valence-electron chi connectivity index (χ3n) is 0.342. The SMILES string of the molecule is C=CCP(=S)(Cl)Cl. The molecule has 4 heteroatoms. The van der Waals surface area contributed by atoms with Gasteiger partial charge in [0, 0.05) is 6.16 Å². The highest BCUT2D eigenvalue weighted by Crippen LogP contribution is 2.56. The maximum Gasteiger partial charge on any atom is 0.123 e. The maximum absolute atomic E-state index is 5.45. The third kappa shape index (κ3) is 6.97. The van der Waals surface area contributed by atoms with Crippen LogP contribution in [0, 0.1) is 0 Å². The van der Waals surface area contributed by atoms with Crippen molar-refractivity contribution in [2.24, 2.45) is 0 Å². The Morgan fingerprint density at radius 1 is 1.71 bits per heavy atom. The van der Waals surface area contributed by atoms with E-state index in [-0.39, 0.29) is 0 Å². The zero-order valence-electron chi connectivity index (χ0n) is 3.60. The van der Waals surface area contributed by atoms with E-state index in [0.717, 1.165) is 0 Å². The van der Waals surface area contributed by atoms with Crippen LogP contribution in [0.5, 0.6) is 0 Å². The van der Waals surface area contributed by atoms with Crippen molar-refractivity contribution in [3.05, 3.63) is 12.7 Å². The van der Waals surface area contributed by atoms with Crippen molar-refractivity contribution >= 4 is 39.0 Å². The molecule has 0 spiro atoms. The predicted octanol–water partition coefficient (Wildman–Crippen LogP) is 2.96. The van der Waals surface area contributed by atoms with Gasteiger partial charge in [0.25, 0.3) is 0 Å². The molecular weight excluding hydrogens is 170 g/mol. The molecule has 0 bridgehead atoms. The van der Waals surface area contributed by atoms with Crippen molar-refractivity contribution < 1.29 is 0 Å². The molecule has 0 radical (unpaired) electrons. The Labute approximate surface area is 58.1 Å². The number of hydrogen-bond donors (Lipinski definition) is 0. The van der Waals surface area contributed by atoms with Crippen LogP contribution in [0.15, 0.2) is 12.7 Å². The summed E-state index contributed by atoms with van der Waals surface area (Å²) in [7, 11) is 0. The molecular formula is C3H5Cl2PS. The van der Waals surface area contributed by atoms with Crippen LogP contribution in [0.1, 0.15) is 0 Å². The van der Waals surface area contributed by atoms with Crippen molar-refractivity contribution in [1.29, 1.82) is 0 Å². The molecule has 0 N–H and O–H groups in total. The lowest BCUT2D eigenvalue weighted by atomic mass is 10.8. The molecule has 0 aliphatic heterocycles. The minimum absolute atomic E-state index is 0.561. The molecule has 0 unspecified atom stereocenters. The Bertz CT molecular complexity index is 106. The van der Waals surface area contributed by atoms with Crippen LogP contribution in [0.2, 0.25) is 0 Å². The van der Waals surface area contributed by atoms with E-state index >= 15 is 0 Å². The zero-order valence-corrected chi connectivity index (χ0v) is 6.83. The largest absolute Gasteiger partial charge is 0.123 e. The molecule has 0 heterocycles. The minimum atomic E-state index is -2.01. The minimum Gasteiger partial charge on any atom is -0.103 e. The average Bonchev–Trinajstić information content (AvgIpc) is 1.30. The highest BCUT2D eigenvalue weighted by atomic mass is 35.9. The summed E-state index contributed by atoms with van der Waals surface area (Å²) in [5, 5.41) is 0. The maximum atomic E-state index is 5.45. The molecule has 0 nitrogen and oxygen atoms in total. The van der Waals surface area contributed by atoms with Gasteiger partial charge in [0.1, 0.15) is 4.74 Å². The van der Waals surface area contributed by atoms with Crippen LogP contribution < -0.4 is 0 Å². The van der Waals surface area contributed by atoms with E-state index in [2.05, 4.69) is 18.4 Å². The monoisotopic (exact) mass is 174 g/mol. The third-order valence-corrected chi connectivity index (χ3v) is 2.30. The number of rotatable bonds is 2. The van der Waals surface area contributed by atoms with Gasteiger partial charge < -0.3 is 0 Å². The second-order valence-corrected chi connectivity index (χ2v) is 9.60. The van der Waals surface area contributed by atoms with Crippen LogP contribution in [-0.2, 0) is 11.8 Å². The van der Waals surface area contributed by atoms with Crippen LogP contribution in [0.4, 0.5) is 0 Å². The molecule has 0 aliphatic rings. The van der Waals surface area contributed by atoms with Crippen molar-refractivity contribution in [2.75, 3.05) is 6.16 Å². The molecule has 42 valence electrons. The highest BCUT2D eigenvalue weighted by Gasteiger charge is 2.02. The molecule has 0 atom stereocenters. The second kappa shape index (κ2) is 3.09. The first-order valence-electron chi connectivity index (χ1n) is 1.65. The van der Waals surface area contributed by atoms with E-state index in [9.17, 15) is 0 Å². The standard InChI is InChI=1S/C3H5Cl2PS/c1-2-3-6(4,5)7/h2H,1,3H2. The van der Waals surface area contributed by atoms with Crippen LogP contribution in [-0.4, -0.2) is 6.16 Å². The lowest BCUT2D eigenvalue weighted by molar-refractivity contribution is 1.82. The van der Waals surface area contributed by atoms with E-state index < -0.39 is 4.74 Å². The van der Waals surface area contributed by atoms with Crippen molar-refractivity contribution in [3.8, 4) is 0 Å². The van der Waals surface area contributed by atoms with E-state index in [1.165, 1.54) is 0 Å². The summed E-state index contributed by atoms with van der Waals surface area (Å²) in [6, 6.07) is 0. The van der Waals surface area contributed by atoms with Gasteiger partial charge in [-0.1, -0.05) is 40.4 Å². The zero-order chi connectivity index (χ0) is 5.91. The summed E-state index contributed by atoms with van der Waals surface area (Å²) in [6.45, 7) is 3.44. The second-order valence-electron chi connectivity index (χ2n) is 1.04. The van der Waals surface area contributed by atoms with Crippen molar-refractivity contribution in [3.63, 3.8) is 0 Å². The first-order chi connectivity index (χ1) is 3.06. The van der Waals surface area contributed by atoms with E-state index in [4.69, 9.17) is 22.5 Å². The number of halogens is 2. The van der Waals surface area contributed by atoms with Gasteiger partial charge >= 0.3 is 0 Å². The van der Waals surface area contributed by atoms with Gasteiger partial charge in [-0.2, -0.15) is 0 Å². The molecule has 0 aromatic rings. The first kappa shape index (κ1) is 7.97. The van der Waals surface area contributed by atoms with Gasteiger partial charge in [-0.25, -0.2) is 0 Å². The Morgan fingerprint density at radius 2 is 2.14 bits per heavy atom. The van der Waals surface area contributed by atoms with E-state index in [0.29, 0.717) is 6.16 Å². The van der Waals surface area contributed by atoms with Gasteiger partial charge in [0.15, 0.2) is 0 Å². The fourth-order valence-electron chi connectivity index (χ4n) is 0.150. The highest BCUT2D eigenvalue weighted by molar-refractivity contribution is 8.39. The molecule has 7 heavy (non-hydrogen) atoms. The van der Waals surface area contributed by atoms with Gasteiger partial charge in [0.2, 0.25) is 0 Å². The van der Waals surface area contributed by atoms with Crippen LogP contribution in [0.3, 0.4) is 0 Å². The van der Waals surface area contributed by atoms with Gasteiger partial charge in [-0.05, 0) is 0 Å². The lowest BCUT2D eigenvalue weighted by Gasteiger charge is -1.95. The molecule has 0 aliphatic carbocycles. The quantitative estimate of drug-likeness (QED) is 0.459. The lowest BCUT2D eigenvalue weighted by Crippen LogP contribution is -1.63. The molecule has 0 amide bonds. The Kier molecular flexibility index (Phi) is 3.52. The number of allylic oxidation sites excluding steroid dienone is 1. The molecule has 0 aromatic carbocycles. The van der Waals surface area contributed by atoms with Crippen molar-refractivity contribution in [1.82, 2.24) is 0 Å². The average molecular weight is 175 g/mol. The summed E-state index contributed by atoms with van der Waals surface area (Å²) in [4.78, 5) is 0. The Balaban J connectivity index is 3.57. The fourth-order valence-corrected chi connectivity index (χ4v) is 1.35. The number of hydrogen-bond acceptors (Lipinski definition) is 1. The smallest absolute Gasteiger partial charge is 0.103 e. The summed E-state index contributed by atoms with van der Waals surface area (Å²) in [5.41, 5.74) is 0. The van der Waals surface area contributed by atoms with Gasteiger partial charge in [0.05, 0.1) is 0 Å². The molecule has 0 fully saturated rings. The molecule has 0 aromatic heterocycles. The first-order valence-corrected chi connectivity index (χ1v) is 6.45. The van der Waals surface area contributed by atoms with Gasteiger partial charge in [-0.15, -0.1) is 6.58 Å². The fraction of sp³-hybridized carbons (Fsp3) is 0.333. The summed E-state index contributed by atoms with van der Waals surface area (Å²) in [6.07, 6.45) is 2.20. The van der Waals surface area contributed by atoms with E-state index in [1.54, 1.807) is 6.08 Å². The predicted molar refractivity (Wildman–Crippen MR) is 41.1 cm³/mol. The van der Waals surface area contributed by atoms with Crippen LogP contribution in [0.25, 0.3) is 0 Å². The van der Waals surface area contributed by atoms with Crippen molar-refractivity contribution in [2.45, 2.75) is 0 Å².